The summed E-state index contributed by atoms with van der Waals surface area (Å²) in [4.78, 5) is 12.0. The topological polar surface area (TPSA) is 55.1 Å². The van der Waals surface area contributed by atoms with Crippen LogP contribution in [0, 0.1) is 5.82 Å². The second kappa shape index (κ2) is 5.71. The first kappa shape index (κ1) is 14.0. The number of carbonyl (C=O) groups excluding carboxylic acids is 1. The Morgan fingerprint density at radius 1 is 1.11 bits per heavy atom. The molecule has 0 fully saturated rings. The van der Waals surface area contributed by atoms with E-state index in [9.17, 15) is 9.18 Å². The van der Waals surface area contributed by atoms with Crippen molar-refractivity contribution < 1.29 is 9.18 Å². The molecule has 0 unspecified atom stereocenters. The molecule has 3 N–H and O–H groups in total. The molecule has 0 bridgehead atoms. The van der Waals surface area contributed by atoms with Crippen molar-refractivity contribution in [2.45, 2.75) is 0 Å². The van der Waals surface area contributed by atoms with Gasteiger partial charge in [0.05, 0.1) is 11.3 Å². The Hall–Kier alpha value is -1.40. The summed E-state index contributed by atoms with van der Waals surface area (Å²) in [6.45, 7) is 0. The van der Waals surface area contributed by atoms with E-state index in [1.807, 2.05) is 0 Å². The van der Waals surface area contributed by atoms with Gasteiger partial charge in [0, 0.05) is 14.6 Å². The lowest BCUT2D eigenvalue weighted by Gasteiger charge is -2.09. The van der Waals surface area contributed by atoms with Crippen LogP contribution in [-0.4, -0.2) is 5.91 Å². The molecule has 0 spiro atoms. The highest BCUT2D eigenvalue weighted by atomic mass is 79.9. The monoisotopic (exact) mass is 386 g/mol. The van der Waals surface area contributed by atoms with Gasteiger partial charge in [-0.05, 0) is 36.4 Å². The molecule has 0 saturated heterocycles. The molecule has 0 aromatic heterocycles. The molecule has 2 aromatic carbocycles. The highest BCUT2D eigenvalue weighted by Crippen LogP contribution is 2.22. The lowest BCUT2D eigenvalue weighted by molar-refractivity contribution is 0.102. The summed E-state index contributed by atoms with van der Waals surface area (Å²) in [6, 6.07) is 9.29. The van der Waals surface area contributed by atoms with Gasteiger partial charge in [0.2, 0.25) is 0 Å². The van der Waals surface area contributed by atoms with Crippen molar-refractivity contribution in [1.29, 1.82) is 0 Å². The molecule has 1 amide bonds. The molecular formula is C13H9Br2FN2O. The van der Waals surface area contributed by atoms with Crippen molar-refractivity contribution in [3.05, 3.63) is 56.7 Å². The molecule has 98 valence electrons. The molecule has 19 heavy (non-hydrogen) atoms. The summed E-state index contributed by atoms with van der Waals surface area (Å²) in [5.74, 6) is -0.968. The van der Waals surface area contributed by atoms with Crippen molar-refractivity contribution in [2.75, 3.05) is 11.1 Å². The summed E-state index contributed by atoms with van der Waals surface area (Å²) in [5, 5.41) is 2.48. The number of carbonyl (C=O) groups is 1. The Labute approximate surface area is 126 Å². The number of nitrogen functional groups attached to an aromatic ring is 1. The van der Waals surface area contributed by atoms with E-state index < -0.39 is 11.7 Å². The highest BCUT2D eigenvalue weighted by molar-refractivity contribution is 9.10. The second-order valence-electron chi connectivity index (χ2n) is 3.81. The third kappa shape index (κ3) is 3.33. The standard InChI is InChI=1S/C13H9Br2FN2O/c14-7-2-4-12(10(16)5-7)18-13(19)9-3-1-8(15)6-11(9)17/h1-6H,17H2,(H,18,19). The van der Waals surface area contributed by atoms with Crippen molar-refractivity contribution in [1.82, 2.24) is 0 Å². The molecule has 0 atom stereocenters. The molecule has 0 heterocycles. The van der Waals surface area contributed by atoms with E-state index in [1.54, 1.807) is 24.3 Å². The van der Waals surface area contributed by atoms with Crippen LogP contribution >= 0.6 is 31.9 Å². The fourth-order valence-corrected chi connectivity index (χ4v) is 2.23. The van der Waals surface area contributed by atoms with Gasteiger partial charge in [-0.3, -0.25) is 4.79 Å². The van der Waals surface area contributed by atoms with E-state index in [4.69, 9.17) is 5.73 Å². The number of benzene rings is 2. The Morgan fingerprint density at radius 2 is 1.74 bits per heavy atom. The average molecular weight is 388 g/mol. The molecule has 0 aliphatic rings. The Kier molecular flexibility index (Phi) is 4.21. The molecule has 0 aliphatic heterocycles. The van der Waals surface area contributed by atoms with Crippen LogP contribution in [0.3, 0.4) is 0 Å². The Morgan fingerprint density at radius 3 is 2.37 bits per heavy atom. The molecule has 2 rings (SSSR count). The van der Waals surface area contributed by atoms with Crippen LogP contribution in [0.5, 0.6) is 0 Å². The van der Waals surface area contributed by atoms with E-state index in [2.05, 4.69) is 37.2 Å². The summed E-state index contributed by atoms with van der Waals surface area (Å²) in [5.41, 5.74) is 6.47. The Balaban J connectivity index is 2.25. The van der Waals surface area contributed by atoms with Crippen LogP contribution in [-0.2, 0) is 0 Å². The van der Waals surface area contributed by atoms with Crippen molar-refractivity contribution in [3.8, 4) is 0 Å². The largest absolute Gasteiger partial charge is 0.398 e. The fraction of sp³-hybridized carbons (Fsp3) is 0. The first-order chi connectivity index (χ1) is 8.97. The van der Waals surface area contributed by atoms with Gasteiger partial charge in [0.1, 0.15) is 5.82 Å². The van der Waals surface area contributed by atoms with Gasteiger partial charge in [-0.1, -0.05) is 31.9 Å². The van der Waals surface area contributed by atoms with E-state index >= 15 is 0 Å². The van der Waals surface area contributed by atoms with Crippen LogP contribution < -0.4 is 11.1 Å². The zero-order chi connectivity index (χ0) is 14.0. The third-order valence-corrected chi connectivity index (χ3v) is 3.42. The number of hydrogen-bond donors (Lipinski definition) is 2. The van der Waals surface area contributed by atoms with Crippen LogP contribution in [0.2, 0.25) is 0 Å². The molecular weight excluding hydrogens is 379 g/mol. The predicted molar refractivity (Wildman–Crippen MR) is 80.6 cm³/mol. The number of amides is 1. The zero-order valence-corrected chi connectivity index (χ0v) is 12.8. The first-order valence-electron chi connectivity index (χ1n) is 5.29. The predicted octanol–water partition coefficient (Wildman–Crippen LogP) is 4.19. The van der Waals surface area contributed by atoms with E-state index in [1.165, 1.54) is 12.1 Å². The van der Waals surface area contributed by atoms with Gasteiger partial charge in [0.25, 0.3) is 5.91 Å². The minimum absolute atomic E-state index is 0.107. The number of nitrogens with two attached hydrogens (primary N) is 1. The molecule has 0 radical (unpaired) electrons. The lowest BCUT2D eigenvalue weighted by Crippen LogP contribution is -2.14. The van der Waals surface area contributed by atoms with Gasteiger partial charge < -0.3 is 11.1 Å². The maximum atomic E-state index is 13.6. The average Bonchev–Trinajstić information content (AvgIpc) is 2.32. The quantitative estimate of drug-likeness (QED) is 0.759. The summed E-state index contributed by atoms with van der Waals surface area (Å²) < 4.78 is 15.0. The molecule has 3 nitrogen and oxygen atoms in total. The summed E-state index contributed by atoms with van der Waals surface area (Å²) in [6.07, 6.45) is 0. The number of hydrogen-bond acceptors (Lipinski definition) is 2. The Bertz CT molecular complexity index is 647. The molecule has 2 aromatic rings. The number of anilines is 2. The fourth-order valence-electron chi connectivity index (χ4n) is 1.52. The zero-order valence-electron chi connectivity index (χ0n) is 9.58. The van der Waals surface area contributed by atoms with Gasteiger partial charge in [0.15, 0.2) is 0 Å². The van der Waals surface area contributed by atoms with Crippen LogP contribution in [0.15, 0.2) is 45.3 Å². The summed E-state index contributed by atoms with van der Waals surface area (Å²) >= 11 is 6.40. The number of nitrogens with one attached hydrogen (secondary N) is 1. The van der Waals surface area contributed by atoms with Gasteiger partial charge >= 0.3 is 0 Å². The highest BCUT2D eigenvalue weighted by Gasteiger charge is 2.12. The maximum absolute atomic E-state index is 13.6. The van der Waals surface area contributed by atoms with Gasteiger partial charge in [-0.25, -0.2) is 4.39 Å². The molecule has 0 saturated carbocycles. The van der Waals surface area contributed by atoms with Crippen molar-refractivity contribution in [3.63, 3.8) is 0 Å². The number of halogens is 3. The molecule has 0 aliphatic carbocycles. The van der Waals surface area contributed by atoms with Gasteiger partial charge in [-0.2, -0.15) is 0 Å². The maximum Gasteiger partial charge on any atom is 0.257 e. The smallest absolute Gasteiger partial charge is 0.257 e. The molecule has 6 heteroatoms. The van der Waals surface area contributed by atoms with Crippen LogP contribution in [0.4, 0.5) is 15.8 Å². The second-order valence-corrected chi connectivity index (χ2v) is 5.64. The third-order valence-electron chi connectivity index (χ3n) is 2.44. The van der Waals surface area contributed by atoms with E-state index in [0.717, 1.165) is 4.47 Å². The minimum atomic E-state index is -0.515. The number of rotatable bonds is 2. The normalized spacial score (nSPS) is 10.3. The lowest BCUT2D eigenvalue weighted by atomic mass is 10.1. The first-order valence-corrected chi connectivity index (χ1v) is 6.87. The SMILES string of the molecule is Nc1cc(Br)ccc1C(=O)Nc1ccc(Br)cc1F. The van der Waals surface area contributed by atoms with Crippen molar-refractivity contribution in [2.24, 2.45) is 0 Å². The minimum Gasteiger partial charge on any atom is -0.398 e. The summed E-state index contributed by atoms with van der Waals surface area (Å²) in [7, 11) is 0. The van der Waals surface area contributed by atoms with Crippen molar-refractivity contribution >= 4 is 49.1 Å². The van der Waals surface area contributed by atoms with Crippen LogP contribution in [0.25, 0.3) is 0 Å². The van der Waals surface area contributed by atoms with E-state index in [0.29, 0.717) is 15.7 Å². The van der Waals surface area contributed by atoms with Crippen LogP contribution in [0.1, 0.15) is 10.4 Å². The van der Waals surface area contributed by atoms with E-state index in [-0.39, 0.29) is 5.69 Å². The van der Waals surface area contributed by atoms with Gasteiger partial charge in [-0.15, -0.1) is 0 Å².